The van der Waals surface area contributed by atoms with E-state index in [0.717, 1.165) is 18.8 Å². The molecule has 2 aromatic heterocycles. The number of fused-ring (bicyclic) bond motifs is 1. The Morgan fingerprint density at radius 1 is 1.55 bits per heavy atom. The van der Waals surface area contributed by atoms with Crippen LogP contribution in [0.1, 0.15) is 17.3 Å². The van der Waals surface area contributed by atoms with Gasteiger partial charge in [0.25, 0.3) is 0 Å². The fourth-order valence-electron chi connectivity index (χ4n) is 2.71. The molecule has 0 bridgehead atoms. The summed E-state index contributed by atoms with van der Waals surface area (Å²) in [6.07, 6.45) is 1.76. The third-order valence-electron chi connectivity index (χ3n) is 3.76. The first-order valence-electron chi connectivity index (χ1n) is 7.30. The fraction of sp³-hybridized carbons (Fsp3) is 0.467. The number of amides is 1. The van der Waals surface area contributed by atoms with Crippen LogP contribution < -0.4 is 5.32 Å². The lowest BCUT2D eigenvalue weighted by atomic mass is 10.1. The number of nitrogens with zero attached hydrogens (tertiary/aromatic N) is 3. The molecular weight excluding hydrogens is 300 g/mol. The molecule has 3 rings (SSSR count). The second kappa shape index (κ2) is 7.04. The number of aromatic nitrogens is 2. The van der Waals surface area contributed by atoms with Gasteiger partial charge in [-0.15, -0.1) is 0 Å². The average Bonchev–Trinajstić information content (AvgIpc) is 3.17. The van der Waals surface area contributed by atoms with Crippen molar-refractivity contribution in [1.29, 1.82) is 0 Å². The molecule has 22 heavy (non-hydrogen) atoms. The Balaban J connectivity index is 1.70. The van der Waals surface area contributed by atoms with Crippen LogP contribution >= 0.6 is 11.3 Å². The van der Waals surface area contributed by atoms with E-state index in [1.807, 2.05) is 10.7 Å². The average molecular weight is 320 g/mol. The number of ether oxygens (including phenoxy) is 1. The molecule has 0 saturated heterocycles. The lowest BCUT2D eigenvalue weighted by Gasteiger charge is -2.33. The van der Waals surface area contributed by atoms with Gasteiger partial charge in [0.15, 0.2) is 0 Å². The van der Waals surface area contributed by atoms with E-state index >= 15 is 0 Å². The normalized spacial score (nSPS) is 18.1. The summed E-state index contributed by atoms with van der Waals surface area (Å²) in [5.74, 6) is -0.00276. The highest BCUT2D eigenvalue weighted by molar-refractivity contribution is 7.07. The standard InChI is InChI=1S/C15H20N4O2S/c1-21-6-5-16-15(20)14-10-18(8-12-3-7-22-11-12)9-13-2-4-17-19(13)14/h2-4,7,11,14H,5-6,8-10H2,1H3,(H,16,20). The van der Waals surface area contributed by atoms with Gasteiger partial charge in [0.2, 0.25) is 5.91 Å². The largest absolute Gasteiger partial charge is 0.383 e. The number of carbonyl (C=O) groups is 1. The van der Waals surface area contributed by atoms with Crippen LogP contribution in [0.5, 0.6) is 0 Å². The van der Waals surface area contributed by atoms with Gasteiger partial charge in [-0.25, -0.2) is 0 Å². The van der Waals surface area contributed by atoms with Gasteiger partial charge in [-0.3, -0.25) is 14.4 Å². The van der Waals surface area contributed by atoms with Crippen molar-refractivity contribution in [2.75, 3.05) is 26.8 Å². The van der Waals surface area contributed by atoms with Gasteiger partial charge >= 0.3 is 0 Å². The van der Waals surface area contributed by atoms with Crippen LogP contribution in [0.2, 0.25) is 0 Å². The van der Waals surface area contributed by atoms with Gasteiger partial charge in [0.05, 0.1) is 12.3 Å². The van der Waals surface area contributed by atoms with Crippen molar-refractivity contribution >= 4 is 17.2 Å². The number of methoxy groups -OCH3 is 1. The van der Waals surface area contributed by atoms with Crippen molar-refractivity contribution in [2.45, 2.75) is 19.1 Å². The quantitative estimate of drug-likeness (QED) is 0.814. The van der Waals surface area contributed by atoms with E-state index in [1.165, 1.54) is 5.56 Å². The second-order valence-corrected chi connectivity index (χ2v) is 6.15. The van der Waals surface area contributed by atoms with Crippen LogP contribution in [0.3, 0.4) is 0 Å². The molecule has 0 spiro atoms. The predicted molar refractivity (Wildman–Crippen MR) is 84.6 cm³/mol. The van der Waals surface area contributed by atoms with Crippen LogP contribution in [0.4, 0.5) is 0 Å². The Kier molecular flexibility index (Phi) is 4.87. The van der Waals surface area contributed by atoms with Gasteiger partial charge in [-0.05, 0) is 28.5 Å². The summed E-state index contributed by atoms with van der Waals surface area (Å²) >= 11 is 1.70. The molecule has 0 aliphatic carbocycles. The minimum atomic E-state index is -0.283. The summed E-state index contributed by atoms with van der Waals surface area (Å²) in [4.78, 5) is 14.7. The van der Waals surface area contributed by atoms with Crippen molar-refractivity contribution in [3.05, 3.63) is 40.3 Å². The molecule has 1 aliphatic heterocycles. The molecule has 6 nitrogen and oxygen atoms in total. The van der Waals surface area contributed by atoms with Gasteiger partial charge in [0, 0.05) is 39.5 Å². The monoisotopic (exact) mass is 320 g/mol. The molecule has 1 atom stereocenters. The molecule has 0 fully saturated rings. The van der Waals surface area contributed by atoms with Crippen molar-refractivity contribution in [2.24, 2.45) is 0 Å². The van der Waals surface area contributed by atoms with Crippen molar-refractivity contribution < 1.29 is 9.53 Å². The van der Waals surface area contributed by atoms with E-state index in [9.17, 15) is 4.79 Å². The van der Waals surface area contributed by atoms with E-state index in [1.54, 1.807) is 24.6 Å². The summed E-state index contributed by atoms with van der Waals surface area (Å²) < 4.78 is 6.82. The smallest absolute Gasteiger partial charge is 0.246 e. The molecule has 1 unspecified atom stereocenters. The molecule has 0 radical (unpaired) electrons. The van der Waals surface area contributed by atoms with E-state index in [2.05, 4.69) is 32.1 Å². The van der Waals surface area contributed by atoms with Crippen molar-refractivity contribution in [3.8, 4) is 0 Å². The molecule has 1 aliphatic rings. The molecule has 3 heterocycles. The van der Waals surface area contributed by atoms with Gasteiger partial charge < -0.3 is 10.1 Å². The Bertz CT molecular complexity index is 611. The number of nitrogens with one attached hydrogen (secondary N) is 1. The Morgan fingerprint density at radius 3 is 3.23 bits per heavy atom. The lowest BCUT2D eigenvalue weighted by molar-refractivity contribution is -0.126. The third-order valence-corrected chi connectivity index (χ3v) is 4.49. The summed E-state index contributed by atoms with van der Waals surface area (Å²) in [6, 6.07) is 3.83. The van der Waals surface area contributed by atoms with Crippen molar-refractivity contribution in [1.82, 2.24) is 20.0 Å². The third kappa shape index (κ3) is 3.37. The minimum absolute atomic E-state index is 0.00276. The molecule has 0 aromatic carbocycles. The Hall–Kier alpha value is -1.70. The molecule has 118 valence electrons. The first-order chi connectivity index (χ1) is 10.8. The van der Waals surface area contributed by atoms with E-state index < -0.39 is 0 Å². The summed E-state index contributed by atoms with van der Waals surface area (Å²) in [7, 11) is 1.63. The first-order valence-corrected chi connectivity index (χ1v) is 8.24. The fourth-order valence-corrected chi connectivity index (χ4v) is 3.37. The maximum Gasteiger partial charge on any atom is 0.246 e. The van der Waals surface area contributed by atoms with E-state index in [-0.39, 0.29) is 11.9 Å². The zero-order valence-electron chi connectivity index (χ0n) is 12.6. The van der Waals surface area contributed by atoms with Gasteiger partial charge in [-0.1, -0.05) is 0 Å². The molecule has 7 heteroatoms. The highest BCUT2D eigenvalue weighted by Crippen LogP contribution is 2.22. The number of hydrogen-bond donors (Lipinski definition) is 1. The van der Waals surface area contributed by atoms with Crippen LogP contribution in [-0.2, 0) is 22.6 Å². The molecule has 0 saturated carbocycles. The zero-order chi connectivity index (χ0) is 15.4. The van der Waals surface area contributed by atoms with Crippen LogP contribution in [0, 0.1) is 0 Å². The Morgan fingerprint density at radius 2 is 2.45 bits per heavy atom. The number of thiophene rings is 1. The van der Waals surface area contributed by atoms with Gasteiger partial charge in [-0.2, -0.15) is 16.4 Å². The highest BCUT2D eigenvalue weighted by Gasteiger charge is 2.30. The summed E-state index contributed by atoms with van der Waals surface area (Å²) in [5, 5.41) is 11.5. The molecule has 2 aromatic rings. The molecule has 1 N–H and O–H groups in total. The first kappa shape index (κ1) is 15.2. The predicted octanol–water partition coefficient (Wildman–Crippen LogP) is 1.26. The van der Waals surface area contributed by atoms with Crippen LogP contribution in [0.25, 0.3) is 0 Å². The summed E-state index contributed by atoms with van der Waals surface area (Å²) in [5.41, 5.74) is 2.37. The highest BCUT2D eigenvalue weighted by atomic mass is 32.1. The topological polar surface area (TPSA) is 59.4 Å². The molecular formula is C15H20N4O2S. The molecule has 1 amide bonds. The maximum absolute atomic E-state index is 12.4. The van der Waals surface area contributed by atoms with E-state index in [0.29, 0.717) is 19.7 Å². The zero-order valence-corrected chi connectivity index (χ0v) is 13.4. The van der Waals surface area contributed by atoms with E-state index in [4.69, 9.17) is 4.74 Å². The van der Waals surface area contributed by atoms with Gasteiger partial charge in [0.1, 0.15) is 6.04 Å². The van der Waals surface area contributed by atoms with Crippen LogP contribution in [0.15, 0.2) is 29.1 Å². The van der Waals surface area contributed by atoms with Crippen molar-refractivity contribution in [3.63, 3.8) is 0 Å². The second-order valence-electron chi connectivity index (χ2n) is 5.37. The summed E-state index contributed by atoms with van der Waals surface area (Å²) in [6.45, 7) is 3.38. The maximum atomic E-state index is 12.4. The van der Waals surface area contributed by atoms with Crippen LogP contribution in [-0.4, -0.2) is 47.4 Å². The minimum Gasteiger partial charge on any atom is -0.383 e. The SMILES string of the molecule is COCCNC(=O)C1CN(Cc2ccsc2)Cc2ccnn21. The number of carbonyl (C=O) groups excluding carboxylic acids is 1. The Labute approximate surface area is 133 Å². The lowest BCUT2D eigenvalue weighted by Crippen LogP contribution is -2.45. The number of rotatable bonds is 6. The number of hydrogen-bond acceptors (Lipinski definition) is 5.